The molecule has 1 aliphatic heterocycles. The lowest BCUT2D eigenvalue weighted by molar-refractivity contribution is 0.0688. The van der Waals surface area contributed by atoms with E-state index in [1.54, 1.807) is 22.3 Å². The van der Waals surface area contributed by atoms with Crippen LogP contribution >= 0.6 is 11.3 Å². The molecule has 1 saturated heterocycles. The fourth-order valence-corrected chi connectivity index (χ4v) is 4.18. The Kier molecular flexibility index (Phi) is 4.69. The maximum absolute atomic E-state index is 13.0. The van der Waals surface area contributed by atoms with Crippen LogP contribution in [0.1, 0.15) is 35.1 Å². The number of likely N-dealkylation sites (tertiary alicyclic amines) is 1. The first-order valence-electron chi connectivity index (χ1n) is 9.46. The van der Waals surface area contributed by atoms with Gasteiger partial charge in [0.15, 0.2) is 11.5 Å². The Hall–Kier alpha value is -3.26. The van der Waals surface area contributed by atoms with E-state index in [0.717, 1.165) is 23.3 Å². The van der Waals surface area contributed by atoms with Crippen LogP contribution in [-0.2, 0) is 0 Å². The van der Waals surface area contributed by atoms with Crippen molar-refractivity contribution in [1.29, 1.82) is 0 Å². The third-order valence-electron chi connectivity index (χ3n) is 5.02. The lowest BCUT2D eigenvalue weighted by atomic mass is 9.97. The normalized spacial score (nSPS) is 16.8. The van der Waals surface area contributed by atoms with E-state index in [1.807, 2.05) is 47.8 Å². The second-order valence-electron chi connectivity index (χ2n) is 6.96. The minimum atomic E-state index is -0.140. The third kappa shape index (κ3) is 3.58. The van der Waals surface area contributed by atoms with Crippen LogP contribution < -0.4 is 0 Å². The number of thiophene rings is 1. The van der Waals surface area contributed by atoms with Crippen LogP contribution in [0.5, 0.6) is 0 Å². The summed E-state index contributed by atoms with van der Waals surface area (Å²) in [6.45, 7) is 1.20. The highest BCUT2D eigenvalue weighted by Gasteiger charge is 2.30. The summed E-state index contributed by atoms with van der Waals surface area (Å²) < 4.78 is 11.3. The van der Waals surface area contributed by atoms with Gasteiger partial charge in [-0.25, -0.2) is 0 Å². The first-order valence-corrected chi connectivity index (χ1v) is 10.3. The molecular formula is C21H18N4O3S. The molecule has 1 unspecified atom stereocenters. The quantitative estimate of drug-likeness (QED) is 0.497. The van der Waals surface area contributed by atoms with Crippen molar-refractivity contribution in [2.45, 2.75) is 18.8 Å². The fourth-order valence-electron chi connectivity index (χ4n) is 3.54. The van der Waals surface area contributed by atoms with Gasteiger partial charge in [0.05, 0.1) is 10.8 Å². The van der Waals surface area contributed by atoms with E-state index in [9.17, 15) is 4.79 Å². The molecule has 1 fully saturated rings. The van der Waals surface area contributed by atoms with Gasteiger partial charge in [0, 0.05) is 24.7 Å². The Balaban J connectivity index is 1.31. The third-order valence-corrected chi connectivity index (χ3v) is 5.88. The highest BCUT2D eigenvalue weighted by atomic mass is 32.1. The number of hydrogen-bond donors (Lipinski definition) is 0. The molecule has 3 aromatic heterocycles. The summed E-state index contributed by atoms with van der Waals surface area (Å²) >= 11 is 1.56. The Bertz CT molecular complexity index is 1100. The molecular weight excluding hydrogens is 388 g/mol. The molecule has 8 heteroatoms. The van der Waals surface area contributed by atoms with E-state index in [0.29, 0.717) is 36.3 Å². The lowest BCUT2D eigenvalue weighted by Gasteiger charge is -2.30. The summed E-state index contributed by atoms with van der Waals surface area (Å²) in [5.41, 5.74) is 1.21. The van der Waals surface area contributed by atoms with Crippen LogP contribution in [0, 0.1) is 0 Å². The van der Waals surface area contributed by atoms with E-state index in [-0.39, 0.29) is 11.8 Å². The maximum Gasteiger partial charge on any atom is 0.276 e. The molecule has 4 heterocycles. The number of nitrogens with zero attached hydrogens (tertiary/aromatic N) is 4. The summed E-state index contributed by atoms with van der Waals surface area (Å²) in [6, 6.07) is 15.2. The lowest BCUT2D eigenvalue weighted by Crippen LogP contribution is -2.39. The average molecular weight is 406 g/mol. The van der Waals surface area contributed by atoms with E-state index in [2.05, 4.69) is 15.4 Å². The molecule has 29 heavy (non-hydrogen) atoms. The van der Waals surface area contributed by atoms with Gasteiger partial charge in [0.25, 0.3) is 11.8 Å². The molecule has 0 N–H and O–H groups in total. The Morgan fingerprint density at radius 1 is 1.14 bits per heavy atom. The monoisotopic (exact) mass is 406 g/mol. The standard InChI is InChI=1S/C21H18N4O3S/c26-21(16-12-17(28-24-16)14-6-2-1-3-7-14)25-10-4-8-15(13-25)19-22-23-20(27-19)18-9-5-11-29-18/h1-3,5-7,9,11-12,15H,4,8,10,13H2. The van der Waals surface area contributed by atoms with E-state index >= 15 is 0 Å². The number of benzene rings is 1. The largest absolute Gasteiger partial charge is 0.420 e. The van der Waals surface area contributed by atoms with Gasteiger partial charge < -0.3 is 13.8 Å². The second-order valence-corrected chi connectivity index (χ2v) is 7.90. The maximum atomic E-state index is 13.0. The van der Waals surface area contributed by atoms with Gasteiger partial charge in [-0.15, -0.1) is 21.5 Å². The van der Waals surface area contributed by atoms with E-state index in [1.165, 1.54) is 0 Å². The molecule has 7 nitrogen and oxygen atoms in total. The number of piperidine rings is 1. The van der Waals surface area contributed by atoms with E-state index in [4.69, 9.17) is 8.94 Å². The van der Waals surface area contributed by atoms with Crippen LogP contribution in [0.2, 0.25) is 0 Å². The molecule has 1 atom stereocenters. The predicted octanol–water partition coefficient (Wildman–Crippen LogP) is 4.47. The van der Waals surface area contributed by atoms with Crippen LogP contribution in [0.4, 0.5) is 0 Å². The molecule has 0 bridgehead atoms. The van der Waals surface area contributed by atoms with Gasteiger partial charge in [-0.05, 0) is 24.3 Å². The number of amides is 1. The molecule has 1 aliphatic rings. The van der Waals surface area contributed by atoms with Gasteiger partial charge in [-0.3, -0.25) is 4.79 Å². The minimum absolute atomic E-state index is 0.0226. The molecule has 0 spiro atoms. The highest BCUT2D eigenvalue weighted by Crippen LogP contribution is 2.30. The van der Waals surface area contributed by atoms with Crippen LogP contribution in [-0.4, -0.2) is 39.3 Å². The predicted molar refractivity (Wildman–Crippen MR) is 107 cm³/mol. The van der Waals surface area contributed by atoms with E-state index < -0.39 is 0 Å². The second kappa shape index (κ2) is 7.63. The van der Waals surface area contributed by atoms with Crippen molar-refractivity contribution in [1.82, 2.24) is 20.3 Å². The van der Waals surface area contributed by atoms with Crippen molar-refractivity contribution in [3.8, 4) is 22.1 Å². The minimum Gasteiger partial charge on any atom is -0.420 e. The van der Waals surface area contributed by atoms with Crippen molar-refractivity contribution < 1.29 is 13.7 Å². The zero-order valence-electron chi connectivity index (χ0n) is 15.5. The van der Waals surface area contributed by atoms with Crippen molar-refractivity contribution >= 4 is 17.2 Å². The average Bonchev–Trinajstić information content (AvgIpc) is 3.55. The topological polar surface area (TPSA) is 85.3 Å². The number of hydrogen-bond acceptors (Lipinski definition) is 7. The molecule has 0 radical (unpaired) electrons. The van der Waals surface area contributed by atoms with Gasteiger partial charge in [-0.2, -0.15) is 0 Å². The number of rotatable bonds is 4. The van der Waals surface area contributed by atoms with Crippen LogP contribution in [0.15, 0.2) is 62.9 Å². The first kappa shape index (κ1) is 17.8. The van der Waals surface area contributed by atoms with Crippen LogP contribution in [0.3, 0.4) is 0 Å². The fraction of sp³-hybridized carbons (Fsp3) is 0.238. The van der Waals surface area contributed by atoms with Gasteiger partial charge in [-0.1, -0.05) is 41.6 Å². The molecule has 0 saturated carbocycles. The summed E-state index contributed by atoms with van der Waals surface area (Å²) in [5.74, 6) is 1.58. The number of aromatic nitrogens is 3. The SMILES string of the molecule is O=C(c1cc(-c2ccccc2)on1)N1CCCC(c2nnc(-c3cccs3)o2)C1. The number of carbonyl (C=O) groups excluding carboxylic acids is 1. The van der Waals surface area contributed by atoms with Crippen molar-refractivity contribution in [3.05, 3.63) is 65.5 Å². The van der Waals surface area contributed by atoms with Crippen molar-refractivity contribution in [2.75, 3.05) is 13.1 Å². The zero-order valence-corrected chi connectivity index (χ0v) is 16.3. The van der Waals surface area contributed by atoms with Gasteiger partial charge in [0.2, 0.25) is 5.89 Å². The van der Waals surface area contributed by atoms with Crippen LogP contribution in [0.25, 0.3) is 22.1 Å². The smallest absolute Gasteiger partial charge is 0.276 e. The summed E-state index contributed by atoms with van der Waals surface area (Å²) in [5, 5.41) is 14.3. The molecule has 146 valence electrons. The van der Waals surface area contributed by atoms with Gasteiger partial charge in [0.1, 0.15) is 0 Å². The Morgan fingerprint density at radius 3 is 2.86 bits per heavy atom. The van der Waals surface area contributed by atoms with Crippen molar-refractivity contribution in [3.63, 3.8) is 0 Å². The molecule has 1 amide bonds. The van der Waals surface area contributed by atoms with Crippen molar-refractivity contribution in [2.24, 2.45) is 0 Å². The zero-order chi connectivity index (χ0) is 19.6. The molecule has 5 rings (SSSR count). The van der Waals surface area contributed by atoms with Gasteiger partial charge >= 0.3 is 0 Å². The molecule has 1 aromatic carbocycles. The Labute approximate surface area is 171 Å². The number of carbonyl (C=O) groups is 1. The summed E-state index contributed by atoms with van der Waals surface area (Å²) in [7, 11) is 0. The highest BCUT2D eigenvalue weighted by molar-refractivity contribution is 7.13. The summed E-state index contributed by atoms with van der Waals surface area (Å²) in [4.78, 5) is 15.7. The Morgan fingerprint density at radius 2 is 2.03 bits per heavy atom. The summed E-state index contributed by atoms with van der Waals surface area (Å²) in [6.07, 6.45) is 1.78. The molecule has 0 aliphatic carbocycles. The first-order chi connectivity index (χ1) is 14.3. The molecule has 4 aromatic rings.